The number of likely N-dealkylation sites (tertiary alicyclic amines) is 1. The molecule has 0 spiro atoms. The zero-order chi connectivity index (χ0) is 21.5. The van der Waals surface area contributed by atoms with Crippen LogP contribution in [0.25, 0.3) is 0 Å². The number of rotatable bonds is 5. The first kappa shape index (κ1) is 20.8. The van der Waals surface area contributed by atoms with E-state index in [0.29, 0.717) is 13.1 Å². The zero-order valence-electron chi connectivity index (χ0n) is 17.2. The minimum absolute atomic E-state index is 0.0364. The maximum atomic E-state index is 13.7. The van der Waals surface area contributed by atoms with Crippen LogP contribution in [-0.4, -0.2) is 55.1 Å². The monoisotopic (exact) mass is 431 g/mol. The number of aryl methyl sites for hydroxylation is 1. The molecule has 6 nitrogen and oxygen atoms in total. The maximum absolute atomic E-state index is 13.7. The summed E-state index contributed by atoms with van der Waals surface area (Å²) in [6.07, 6.45) is 3.74. The van der Waals surface area contributed by atoms with Crippen molar-refractivity contribution in [2.45, 2.75) is 50.1 Å². The van der Waals surface area contributed by atoms with E-state index in [1.165, 1.54) is 25.1 Å². The van der Waals surface area contributed by atoms with Crippen molar-refractivity contribution in [2.75, 3.05) is 23.7 Å². The Hall–Kier alpha value is -2.48. The van der Waals surface area contributed by atoms with E-state index in [1.807, 2.05) is 25.3 Å². The molecule has 0 radical (unpaired) electrons. The summed E-state index contributed by atoms with van der Waals surface area (Å²) in [6, 6.07) is 8.47. The van der Waals surface area contributed by atoms with Gasteiger partial charge in [-0.25, -0.2) is 17.8 Å². The van der Waals surface area contributed by atoms with E-state index < -0.39 is 15.7 Å². The molecule has 2 atom stereocenters. The molecule has 2 fully saturated rings. The molecular weight excluding hydrogens is 405 g/mol. The van der Waals surface area contributed by atoms with E-state index in [2.05, 4.69) is 9.88 Å². The molecule has 1 aromatic heterocycles. The Bertz CT molecular complexity index is 1040. The molecule has 4 rings (SSSR count). The maximum Gasteiger partial charge on any atom is 0.223 e. The van der Waals surface area contributed by atoms with Crippen LogP contribution in [0.4, 0.5) is 10.2 Å². The highest BCUT2D eigenvalue weighted by molar-refractivity contribution is 7.91. The number of carbonyl (C=O) groups is 1. The van der Waals surface area contributed by atoms with Crippen molar-refractivity contribution in [1.82, 2.24) is 9.88 Å². The quantitative estimate of drug-likeness (QED) is 0.728. The van der Waals surface area contributed by atoms with Gasteiger partial charge in [-0.05, 0) is 50.5 Å². The Labute approximate surface area is 176 Å². The Balaban J connectivity index is 1.41. The third-order valence-corrected chi connectivity index (χ3v) is 7.99. The topological polar surface area (TPSA) is 70.6 Å². The molecule has 2 aromatic rings. The fourth-order valence-corrected chi connectivity index (χ4v) is 6.02. The Kier molecular flexibility index (Phi) is 5.53. The van der Waals surface area contributed by atoms with Crippen molar-refractivity contribution in [3.8, 4) is 0 Å². The molecule has 0 aliphatic carbocycles. The smallest absolute Gasteiger partial charge is 0.223 e. The minimum Gasteiger partial charge on any atom is -0.347 e. The summed E-state index contributed by atoms with van der Waals surface area (Å²) in [7, 11) is -3.72. The van der Waals surface area contributed by atoms with Crippen LogP contribution < -0.4 is 4.90 Å². The Morgan fingerprint density at radius 1 is 1.13 bits per heavy atom. The summed E-state index contributed by atoms with van der Waals surface area (Å²) in [6.45, 7) is 4.59. The van der Waals surface area contributed by atoms with Gasteiger partial charge in [0, 0.05) is 43.4 Å². The SMILES string of the molecule is Cc1ccc(N2C3CCC2CN(C(=O)CCS(=O)(=O)c2cccc(F)c2C)C3)nc1. The average molecular weight is 432 g/mol. The zero-order valence-corrected chi connectivity index (χ0v) is 18.0. The number of amides is 1. The van der Waals surface area contributed by atoms with Crippen LogP contribution in [0.15, 0.2) is 41.4 Å². The lowest BCUT2D eigenvalue weighted by atomic mass is 10.1. The van der Waals surface area contributed by atoms with E-state index in [1.54, 1.807) is 4.90 Å². The number of aromatic nitrogens is 1. The summed E-state index contributed by atoms with van der Waals surface area (Å²) < 4.78 is 39.0. The number of pyridine rings is 1. The van der Waals surface area contributed by atoms with Gasteiger partial charge in [0.15, 0.2) is 9.84 Å². The molecule has 2 unspecified atom stereocenters. The molecule has 2 aliphatic heterocycles. The number of piperazine rings is 1. The van der Waals surface area contributed by atoms with Crippen LogP contribution in [0.2, 0.25) is 0 Å². The second-order valence-electron chi connectivity index (χ2n) is 8.22. The average Bonchev–Trinajstić information content (AvgIpc) is 2.98. The highest BCUT2D eigenvalue weighted by Gasteiger charge is 2.42. The molecule has 160 valence electrons. The third kappa shape index (κ3) is 3.93. The van der Waals surface area contributed by atoms with Gasteiger partial charge in [0.25, 0.3) is 0 Å². The number of anilines is 1. The Morgan fingerprint density at radius 3 is 2.47 bits per heavy atom. The van der Waals surface area contributed by atoms with E-state index in [9.17, 15) is 17.6 Å². The molecule has 2 aliphatic rings. The lowest BCUT2D eigenvalue weighted by molar-refractivity contribution is -0.131. The normalized spacial score (nSPS) is 21.2. The van der Waals surface area contributed by atoms with Crippen molar-refractivity contribution in [1.29, 1.82) is 0 Å². The summed E-state index contributed by atoms with van der Waals surface area (Å²) in [4.78, 5) is 21.4. The van der Waals surface area contributed by atoms with E-state index >= 15 is 0 Å². The fraction of sp³-hybridized carbons (Fsp3) is 0.455. The number of halogens is 1. The van der Waals surface area contributed by atoms with E-state index in [0.717, 1.165) is 24.2 Å². The number of carbonyl (C=O) groups excluding carboxylic acids is 1. The van der Waals surface area contributed by atoms with Gasteiger partial charge in [-0.1, -0.05) is 12.1 Å². The highest BCUT2D eigenvalue weighted by Crippen LogP contribution is 2.34. The molecule has 1 aromatic carbocycles. The first-order valence-electron chi connectivity index (χ1n) is 10.2. The summed E-state index contributed by atoms with van der Waals surface area (Å²) in [5.74, 6) is -0.101. The molecule has 2 saturated heterocycles. The second kappa shape index (κ2) is 7.98. The van der Waals surface area contributed by atoms with Gasteiger partial charge in [0.1, 0.15) is 11.6 Å². The van der Waals surface area contributed by atoms with Crippen LogP contribution in [-0.2, 0) is 14.6 Å². The first-order valence-corrected chi connectivity index (χ1v) is 11.9. The van der Waals surface area contributed by atoms with Gasteiger partial charge < -0.3 is 9.80 Å². The summed E-state index contributed by atoms with van der Waals surface area (Å²) in [5, 5.41) is 0. The largest absolute Gasteiger partial charge is 0.347 e. The van der Waals surface area contributed by atoms with Gasteiger partial charge in [0.05, 0.1) is 10.6 Å². The molecule has 2 bridgehead atoms. The van der Waals surface area contributed by atoms with Crippen LogP contribution in [0.3, 0.4) is 0 Å². The van der Waals surface area contributed by atoms with Crippen molar-refractivity contribution in [3.63, 3.8) is 0 Å². The van der Waals surface area contributed by atoms with Crippen molar-refractivity contribution >= 4 is 21.6 Å². The number of benzene rings is 1. The lowest BCUT2D eigenvalue weighted by Gasteiger charge is -2.41. The van der Waals surface area contributed by atoms with Gasteiger partial charge >= 0.3 is 0 Å². The standard InChI is InChI=1S/C22H26FN3O3S/c1-15-6-9-21(24-12-15)26-17-7-8-18(26)14-25(13-17)22(27)10-11-30(28,29)20-5-3-4-19(23)16(20)2/h3-6,9,12,17-18H,7-8,10-11,13-14H2,1-2H3. The van der Waals surface area contributed by atoms with Crippen molar-refractivity contribution < 1.29 is 17.6 Å². The van der Waals surface area contributed by atoms with Gasteiger partial charge in [-0.2, -0.15) is 0 Å². The van der Waals surface area contributed by atoms with E-state index in [-0.39, 0.29) is 40.6 Å². The van der Waals surface area contributed by atoms with Crippen LogP contribution in [0.5, 0.6) is 0 Å². The van der Waals surface area contributed by atoms with Crippen molar-refractivity contribution in [3.05, 3.63) is 53.5 Å². The third-order valence-electron chi connectivity index (χ3n) is 6.13. The summed E-state index contributed by atoms with van der Waals surface area (Å²) in [5.41, 5.74) is 1.21. The predicted molar refractivity (Wildman–Crippen MR) is 113 cm³/mol. The highest BCUT2D eigenvalue weighted by atomic mass is 32.2. The molecule has 3 heterocycles. The number of sulfone groups is 1. The van der Waals surface area contributed by atoms with Crippen molar-refractivity contribution in [2.24, 2.45) is 0 Å². The number of hydrogen-bond donors (Lipinski definition) is 0. The number of hydrogen-bond acceptors (Lipinski definition) is 5. The van der Waals surface area contributed by atoms with Gasteiger partial charge in [-0.3, -0.25) is 4.79 Å². The lowest BCUT2D eigenvalue weighted by Crippen LogP contribution is -2.55. The summed E-state index contributed by atoms with van der Waals surface area (Å²) >= 11 is 0. The predicted octanol–water partition coefficient (Wildman–Crippen LogP) is 2.88. The minimum atomic E-state index is -3.72. The van der Waals surface area contributed by atoms with Gasteiger partial charge in [0.2, 0.25) is 5.91 Å². The molecule has 0 N–H and O–H groups in total. The second-order valence-corrected chi connectivity index (χ2v) is 10.3. The number of fused-ring (bicyclic) bond motifs is 2. The van der Waals surface area contributed by atoms with Crippen LogP contribution in [0.1, 0.15) is 30.4 Å². The Morgan fingerprint density at radius 2 is 1.83 bits per heavy atom. The fourth-order valence-electron chi connectivity index (χ4n) is 4.51. The van der Waals surface area contributed by atoms with Gasteiger partial charge in [-0.15, -0.1) is 0 Å². The molecule has 8 heteroatoms. The van der Waals surface area contributed by atoms with Crippen LogP contribution >= 0.6 is 0 Å². The first-order chi connectivity index (χ1) is 14.3. The molecule has 1 amide bonds. The van der Waals surface area contributed by atoms with E-state index in [4.69, 9.17) is 0 Å². The number of nitrogens with zero attached hydrogens (tertiary/aromatic N) is 3. The molecular formula is C22H26FN3O3S. The molecule has 30 heavy (non-hydrogen) atoms. The van der Waals surface area contributed by atoms with Crippen LogP contribution in [0, 0.1) is 19.7 Å². The molecule has 0 saturated carbocycles.